The van der Waals surface area contributed by atoms with E-state index in [1.165, 1.54) is 0 Å². The van der Waals surface area contributed by atoms with Crippen molar-refractivity contribution in [1.82, 2.24) is 19.9 Å². The van der Waals surface area contributed by atoms with E-state index in [1.807, 2.05) is 0 Å². The summed E-state index contributed by atoms with van der Waals surface area (Å²) in [6.45, 7) is 2.24. The van der Waals surface area contributed by atoms with Crippen LogP contribution in [-0.4, -0.2) is 32.9 Å². The number of halogens is 1. The minimum absolute atomic E-state index is 0.551. The van der Waals surface area contributed by atoms with Gasteiger partial charge in [0.1, 0.15) is 5.82 Å². The Labute approximate surface area is 87.9 Å². The van der Waals surface area contributed by atoms with E-state index >= 15 is 0 Å². The molecule has 0 spiro atoms. The molecular formula is C7H12BrN4P. The molecule has 1 aromatic heterocycles. The number of H-pyrrole nitrogens is 1. The van der Waals surface area contributed by atoms with Crippen LogP contribution in [0, 0.1) is 0 Å². The maximum atomic E-state index is 4.28. The number of rotatable bonds is 1. The third kappa shape index (κ3) is 2.27. The van der Waals surface area contributed by atoms with Gasteiger partial charge in [-0.2, -0.15) is 0 Å². The molecule has 0 aliphatic carbocycles. The Balaban J connectivity index is 2.02. The summed E-state index contributed by atoms with van der Waals surface area (Å²) < 4.78 is 2.93. The highest BCUT2D eigenvalue weighted by atomic mass is 79.9. The first-order valence-electron chi connectivity index (χ1n) is 4.33. The van der Waals surface area contributed by atoms with Crippen LogP contribution in [0.3, 0.4) is 0 Å². The minimum atomic E-state index is 0.551. The van der Waals surface area contributed by atoms with Gasteiger partial charge in [-0.05, 0) is 28.8 Å². The van der Waals surface area contributed by atoms with E-state index in [9.17, 15) is 0 Å². The van der Waals surface area contributed by atoms with Crippen molar-refractivity contribution in [2.75, 3.05) is 13.1 Å². The molecule has 6 heteroatoms. The van der Waals surface area contributed by atoms with E-state index in [0.717, 1.165) is 31.8 Å². The Hall–Kier alpha value is 0.01000. The lowest BCUT2D eigenvalue weighted by molar-refractivity contribution is 0.338. The van der Waals surface area contributed by atoms with Crippen LogP contribution < -0.4 is 0 Å². The Kier molecular flexibility index (Phi) is 2.96. The van der Waals surface area contributed by atoms with E-state index in [1.54, 1.807) is 0 Å². The summed E-state index contributed by atoms with van der Waals surface area (Å²) >= 11 is 3.24. The van der Waals surface area contributed by atoms with Gasteiger partial charge in [-0.3, -0.25) is 9.77 Å². The van der Waals surface area contributed by atoms with Gasteiger partial charge in [0.15, 0.2) is 0 Å². The molecule has 2 heterocycles. The Bertz CT molecular complexity index is 282. The Morgan fingerprint density at radius 2 is 2.15 bits per heavy atom. The fraction of sp³-hybridized carbons (Fsp3) is 0.714. The third-order valence-electron chi connectivity index (χ3n) is 2.39. The molecule has 2 rings (SSSR count). The number of nitrogens with zero attached hydrogens (tertiary/aromatic N) is 3. The van der Waals surface area contributed by atoms with Crippen LogP contribution in [0.5, 0.6) is 0 Å². The summed E-state index contributed by atoms with van der Waals surface area (Å²) in [6.07, 6.45) is 2.32. The van der Waals surface area contributed by atoms with Gasteiger partial charge >= 0.3 is 0 Å². The topological polar surface area (TPSA) is 44.8 Å². The van der Waals surface area contributed by atoms with Crippen molar-refractivity contribution in [3.8, 4) is 0 Å². The van der Waals surface area contributed by atoms with E-state index in [0.29, 0.717) is 10.7 Å². The molecule has 4 nitrogen and oxygen atoms in total. The minimum Gasteiger partial charge on any atom is -0.287 e. The third-order valence-corrected chi connectivity index (χ3v) is 3.26. The van der Waals surface area contributed by atoms with Crippen molar-refractivity contribution in [2.24, 2.45) is 0 Å². The maximum Gasteiger partial charge on any atom is 0.217 e. The normalized spacial score (nSPS) is 20.8. The molecule has 1 atom stereocenters. The Morgan fingerprint density at radius 1 is 1.46 bits per heavy atom. The lowest BCUT2D eigenvalue weighted by atomic mass is 9.98. The van der Waals surface area contributed by atoms with E-state index in [4.69, 9.17) is 0 Å². The largest absolute Gasteiger partial charge is 0.287 e. The van der Waals surface area contributed by atoms with Gasteiger partial charge < -0.3 is 0 Å². The van der Waals surface area contributed by atoms with Crippen molar-refractivity contribution < 1.29 is 0 Å². The molecule has 1 saturated heterocycles. The fourth-order valence-corrected chi connectivity index (χ4v) is 2.19. The summed E-state index contributed by atoms with van der Waals surface area (Å²) in [7, 11) is 2.74. The number of aromatic amines is 1. The number of hydrogen-bond donors (Lipinski definition) is 1. The average Bonchev–Trinajstić information content (AvgIpc) is 2.53. The molecule has 1 aliphatic rings. The van der Waals surface area contributed by atoms with Crippen LogP contribution >= 0.6 is 25.3 Å². The second-order valence-corrected chi connectivity index (χ2v) is 4.74. The van der Waals surface area contributed by atoms with Gasteiger partial charge in [0.05, 0.1) is 0 Å². The molecular weight excluding hydrogens is 251 g/mol. The molecule has 13 heavy (non-hydrogen) atoms. The van der Waals surface area contributed by atoms with Crippen LogP contribution in [0.1, 0.15) is 24.6 Å². The predicted molar refractivity (Wildman–Crippen MR) is 57.3 cm³/mol. The van der Waals surface area contributed by atoms with E-state index in [2.05, 4.69) is 45.2 Å². The standard InChI is InChI=1S/C7H12BrN4P/c8-7-9-6(10-11-7)5-1-3-12(13)4-2-5/h5H,1-4,13H2,(H,9,10,11). The summed E-state index contributed by atoms with van der Waals surface area (Å²) in [4.78, 5) is 4.28. The number of nitrogens with one attached hydrogen (secondary N) is 1. The SMILES string of the molecule is PN1CCC(c2nc(Br)n[nH]2)CC1. The molecule has 0 aromatic carbocycles. The van der Waals surface area contributed by atoms with Crippen LogP contribution in [0.2, 0.25) is 0 Å². The highest BCUT2D eigenvalue weighted by Gasteiger charge is 2.20. The Morgan fingerprint density at radius 3 is 2.69 bits per heavy atom. The first-order chi connectivity index (χ1) is 6.25. The first-order valence-corrected chi connectivity index (χ1v) is 5.64. The highest BCUT2D eigenvalue weighted by molar-refractivity contribution is 9.10. The fourth-order valence-electron chi connectivity index (χ4n) is 1.61. The van der Waals surface area contributed by atoms with Gasteiger partial charge in [-0.15, -0.1) is 5.10 Å². The molecule has 0 radical (unpaired) electrons. The molecule has 0 amide bonds. The van der Waals surface area contributed by atoms with Crippen molar-refractivity contribution in [2.45, 2.75) is 18.8 Å². The maximum absolute atomic E-state index is 4.28. The lowest BCUT2D eigenvalue weighted by Gasteiger charge is -2.26. The van der Waals surface area contributed by atoms with Crippen LogP contribution in [0.4, 0.5) is 0 Å². The van der Waals surface area contributed by atoms with Crippen LogP contribution in [0.25, 0.3) is 0 Å². The second kappa shape index (κ2) is 4.03. The summed E-state index contributed by atoms with van der Waals surface area (Å²) in [5, 5.41) is 6.93. The van der Waals surface area contributed by atoms with Gasteiger partial charge in [-0.25, -0.2) is 4.98 Å². The smallest absolute Gasteiger partial charge is 0.217 e. The lowest BCUT2D eigenvalue weighted by Crippen LogP contribution is -2.25. The quantitative estimate of drug-likeness (QED) is 0.781. The van der Waals surface area contributed by atoms with E-state index < -0.39 is 0 Å². The molecule has 1 unspecified atom stereocenters. The molecule has 1 aromatic rings. The van der Waals surface area contributed by atoms with Crippen LogP contribution in [0.15, 0.2) is 4.73 Å². The van der Waals surface area contributed by atoms with Crippen molar-refractivity contribution in [3.05, 3.63) is 10.6 Å². The molecule has 1 fully saturated rings. The van der Waals surface area contributed by atoms with Gasteiger partial charge in [0.2, 0.25) is 4.73 Å². The van der Waals surface area contributed by atoms with Gasteiger partial charge in [0.25, 0.3) is 0 Å². The summed E-state index contributed by atoms with van der Waals surface area (Å²) in [5.74, 6) is 1.57. The predicted octanol–water partition coefficient (Wildman–Crippen LogP) is 1.54. The zero-order valence-electron chi connectivity index (χ0n) is 7.20. The highest BCUT2D eigenvalue weighted by Crippen LogP contribution is 2.27. The van der Waals surface area contributed by atoms with E-state index in [-0.39, 0.29) is 0 Å². The van der Waals surface area contributed by atoms with Crippen molar-refractivity contribution in [1.29, 1.82) is 0 Å². The van der Waals surface area contributed by atoms with Gasteiger partial charge in [-0.1, -0.05) is 9.39 Å². The van der Waals surface area contributed by atoms with Crippen molar-refractivity contribution in [3.63, 3.8) is 0 Å². The molecule has 1 N–H and O–H groups in total. The monoisotopic (exact) mass is 262 g/mol. The second-order valence-electron chi connectivity index (χ2n) is 3.30. The number of aromatic nitrogens is 3. The zero-order chi connectivity index (χ0) is 9.26. The molecule has 0 saturated carbocycles. The molecule has 1 aliphatic heterocycles. The van der Waals surface area contributed by atoms with Crippen molar-refractivity contribution >= 4 is 25.3 Å². The van der Waals surface area contributed by atoms with Gasteiger partial charge in [0, 0.05) is 19.0 Å². The summed E-state index contributed by atoms with van der Waals surface area (Å²) in [6, 6.07) is 0. The molecule has 0 bridgehead atoms. The summed E-state index contributed by atoms with van der Waals surface area (Å²) in [5.41, 5.74) is 0. The van der Waals surface area contributed by atoms with Crippen LogP contribution in [-0.2, 0) is 0 Å². The number of piperidine rings is 1. The average molecular weight is 263 g/mol. The molecule has 72 valence electrons. The zero-order valence-corrected chi connectivity index (χ0v) is 9.94. The number of hydrogen-bond acceptors (Lipinski definition) is 3. The first kappa shape index (κ1) is 9.56.